The van der Waals surface area contributed by atoms with Crippen LogP contribution in [0.25, 0.3) is 11.4 Å². The molecular formula is C22H26ClN5O3S. The number of nitrogens with zero attached hydrogens (tertiary/aromatic N) is 4. The smallest absolute Gasteiger partial charge is 0.277 e. The van der Waals surface area contributed by atoms with Crippen molar-refractivity contribution in [2.75, 3.05) is 37.0 Å². The van der Waals surface area contributed by atoms with Crippen LogP contribution in [0, 0.1) is 6.92 Å². The van der Waals surface area contributed by atoms with E-state index in [2.05, 4.69) is 15.2 Å². The van der Waals surface area contributed by atoms with Crippen molar-refractivity contribution < 1.29 is 9.47 Å². The number of anilines is 2. The van der Waals surface area contributed by atoms with E-state index in [0.29, 0.717) is 53.2 Å². The maximum absolute atomic E-state index is 13.3. The molecule has 3 heterocycles. The van der Waals surface area contributed by atoms with Crippen LogP contribution in [0.2, 0.25) is 5.02 Å². The van der Waals surface area contributed by atoms with Crippen LogP contribution in [0.15, 0.2) is 34.6 Å². The van der Waals surface area contributed by atoms with Crippen molar-refractivity contribution in [2.24, 2.45) is 7.05 Å². The topological polar surface area (TPSA) is 81.5 Å². The quantitative estimate of drug-likeness (QED) is 0.559. The summed E-state index contributed by atoms with van der Waals surface area (Å²) in [5.41, 5.74) is 1.58. The van der Waals surface area contributed by atoms with Crippen LogP contribution in [-0.2, 0) is 11.8 Å². The Morgan fingerprint density at radius 1 is 1.34 bits per heavy atom. The summed E-state index contributed by atoms with van der Waals surface area (Å²) in [7, 11) is 3.28. The van der Waals surface area contributed by atoms with Crippen molar-refractivity contribution in [1.82, 2.24) is 14.5 Å². The van der Waals surface area contributed by atoms with Gasteiger partial charge in [0.15, 0.2) is 5.13 Å². The summed E-state index contributed by atoms with van der Waals surface area (Å²) in [6, 6.07) is 5.25. The van der Waals surface area contributed by atoms with Gasteiger partial charge < -0.3 is 19.7 Å². The molecule has 1 aromatic carbocycles. The predicted octanol–water partition coefficient (Wildman–Crippen LogP) is 3.58. The minimum absolute atomic E-state index is 0.0660. The second-order valence-corrected chi connectivity index (χ2v) is 8.85. The normalized spacial score (nSPS) is 18.2. The molecule has 32 heavy (non-hydrogen) atoms. The SMILES string of the molecule is CCO[C@H]1CN(c2nccs2)C[C@H]1Nc1c(C)nc(-c2ccc(OC)cc2Cl)n(C)c1=O. The van der Waals surface area contributed by atoms with Gasteiger partial charge in [-0.1, -0.05) is 11.6 Å². The molecule has 2 atom stereocenters. The molecular weight excluding hydrogens is 450 g/mol. The van der Waals surface area contributed by atoms with Crippen molar-refractivity contribution in [2.45, 2.75) is 26.0 Å². The summed E-state index contributed by atoms with van der Waals surface area (Å²) in [5, 5.41) is 6.80. The minimum Gasteiger partial charge on any atom is -0.497 e. The van der Waals surface area contributed by atoms with Gasteiger partial charge in [-0.25, -0.2) is 9.97 Å². The summed E-state index contributed by atoms with van der Waals surface area (Å²) in [6.45, 7) is 5.80. The van der Waals surface area contributed by atoms with Crippen LogP contribution in [0.1, 0.15) is 12.6 Å². The summed E-state index contributed by atoms with van der Waals surface area (Å²) in [6.07, 6.45) is 1.73. The highest BCUT2D eigenvalue weighted by Crippen LogP contribution is 2.31. The lowest BCUT2D eigenvalue weighted by molar-refractivity contribution is 0.0720. The lowest BCUT2D eigenvalue weighted by Gasteiger charge is -2.22. The van der Waals surface area contributed by atoms with E-state index in [0.717, 1.165) is 5.13 Å². The summed E-state index contributed by atoms with van der Waals surface area (Å²) in [4.78, 5) is 24.6. The molecule has 0 aliphatic carbocycles. The highest BCUT2D eigenvalue weighted by Gasteiger charge is 2.35. The standard InChI is InChI=1S/C22H26ClN5O3S/c1-5-31-18-12-28(22-24-8-9-32-22)11-17(18)26-19-13(2)25-20(27(3)21(19)29)15-7-6-14(30-4)10-16(15)23/h6-10,17-18,26H,5,11-12H2,1-4H3/t17-,18+/m1/s1. The van der Waals surface area contributed by atoms with Gasteiger partial charge in [0.05, 0.1) is 30.0 Å². The number of ether oxygens (including phenoxy) is 2. The molecule has 1 N–H and O–H groups in total. The van der Waals surface area contributed by atoms with Crippen molar-refractivity contribution in [3.8, 4) is 17.1 Å². The Kier molecular flexibility index (Phi) is 6.68. The Bertz CT molecular complexity index is 1150. The van der Waals surface area contributed by atoms with Crippen LogP contribution in [-0.4, -0.2) is 53.5 Å². The highest BCUT2D eigenvalue weighted by atomic mass is 35.5. The monoisotopic (exact) mass is 475 g/mol. The molecule has 2 aromatic heterocycles. The van der Waals surface area contributed by atoms with Gasteiger partial charge in [0.25, 0.3) is 5.56 Å². The molecule has 0 radical (unpaired) electrons. The molecule has 170 valence electrons. The zero-order chi connectivity index (χ0) is 22.8. The van der Waals surface area contributed by atoms with E-state index in [-0.39, 0.29) is 17.7 Å². The Morgan fingerprint density at radius 2 is 2.16 bits per heavy atom. The summed E-state index contributed by atoms with van der Waals surface area (Å²) < 4.78 is 12.7. The van der Waals surface area contributed by atoms with Gasteiger partial charge in [0.1, 0.15) is 17.3 Å². The molecule has 1 fully saturated rings. The summed E-state index contributed by atoms with van der Waals surface area (Å²) in [5.74, 6) is 1.15. The molecule has 1 aliphatic rings. The molecule has 10 heteroatoms. The zero-order valence-electron chi connectivity index (χ0n) is 18.5. The van der Waals surface area contributed by atoms with E-state index in [9.17, 15) is 4.79 Å². The average Bonchev–Trinajstić information content (AvgIpc) is 3.44. The van der Waals surface area contributed by atoms with E-state index in [1.54, 1.807) is 43.8 Å². The fraction of sp³-hybridized carbons (Fsp3) is 0.409. The number of thiazole rings is 1. The van der Waals surface area contributed by atoms with Gasteiger partial charge in [0, 0.05) is 43.9 Å². The Hall–Kier alpha value is -2.62. The van der Waals surface area contributed by atoms with Gasteiger partial charge in [0.2, 0.25) is 0 Å². The number of methoxy groups -OCH3 is 1. The number of benzene rings is 1. The number of hydrogen-bond acceptors (Lipinski definition) is 8. The molecule has 1 saturated heterocycles. The maximum atomic E-state index is 13.3. The predicted molar refractivity (Wildman–Crippen MR) is 128 cm³/mol. The van der Waals surface area contributed by atoms with E-state index in [1.165, 1.54) is 4.57 Å². The lowest BCUT2D eigenvalue weighted by Crippen LogP contribution is -2.38. The highest BCUT2D eigenvalue weighted by molar-refractivity contribution is 7.13. The number of rotatable bonds is 7. The number of hydrogen-bond donors (Lipinski definition) is 1. The van der Waals surface area contributed by atoms with Crippen LogP contribution in [0.4, 0.5) is 10.8 Å². The van der Waals surface area contributed by atoms with Crippen molar-refractivity contribution in [1.29, 1.82) is 0 Å². The molecule has 0 saturated carbocycles. The number of aryl methyl sites for hydroxylation is 1. The second kappa shape index (κ2) is 9.48. The molecule has 1 aliphatic heterocycles. The van der Waals surface area contributed by atoms with Gasteiger partial charge in [-0.15, -0.1) is 11.3 Å². The first-order valence-electron chi connectivity index (χ1n) is 10.4. The van der Waals surface area contributed by atoms with Crippen LogP contribution in [0.3, 0.4) is 0 Å². The molecule has 0 spiro atoms. The minimum atomic E-state index is -0.165. The fourth-order valence-corrected chi connectivity index (χ4v) is 4.85. The molecule has 0 bridgehead atoms. The van der Waals surface area contributed by atoms with Crippen LogP contribution in [0.5, 0.6) is 5.75 Å². The van der Waals surface area contributed by atoms with E-state index >= 15 is 0 Å². The van der Waals surface area contributed by atoms with Crippen LogP contribution < -0.4 is 20.5 Å². The Balaban J connectivity index is 1.64. The van der Waals surface area contributed by atoms with E-state index in [4.69, 9.17) is 26.1 Å². The molecule has 4 rings (SSSR count). The van der Waals surface area contributed by atoms with Gasteiger partial charge in [-0.05, 0) is 32.0 Å². The van der Waals surface area contributed by atoms with Crippen molar-refractivity contribution in [3.05, 3.63) is 50.8 Å². The first-order chi connectivity index (χ1) is 15.4. The van der Waals surface area contributed by atoms with Gasteiger partial charge >= 0.3 is 0 Å². The molecule has 0 amide bonds. The lowest BCUT2D eigenvalue weighted by atomic mass is 10.1. The number of nitrogens with one attached hydrogen (secondary N) is 1. The first-order valence-corrected chi connectivity index (χ1v) is 11.6. The third kappa shape index (κ3) is 4.32. The average molecular weight is 476 g/mol. The van der Waals surface area contributed by atoms with Gasteiger partial charge in [-0.2, -0.15) is 0 Å². The largest absolute Gasteiger partial charge is 0.497 e. The molecule has 0 unspecified atom stereocenters. The van der Waals surface area contributed by atoms with Crippen molar-refractivity contribution in [3.63, 3.8) is 0 Å². The molecule has 8 nitrogen and oxygen atoms in total. The third-order valence-electron chi connectivity index (χ3n) is 5.56. The Labute approximate surface area is 195 Å². The number of aromatic nitrogens is 3. The Morgan fingerprint density at radius 3 is 2.81 bits per heavy atom. The first kappa shape index (κ1) is 22.6. The van der Waals surface area contributed by atoms with E-state index in [1.807, 2.05) is 25.3 Å². The summed E-state index contributed by atoms with van der Waals surface area (Å²) >= 11 is 8.03. The second-order valence-electron chi connectivity index (χ2n) is 7.57. The fourth-order valence-electron chi connectivity index (χ4n) is 3.93. The maximum Gasteiger partial charge on any atom is 0.277 e. The number of halogens is 1. The third-order valence-corrected chi connectivity index (χ3v) is 6.70. The van der Waals surface area contributed by atoms with Crippen molar-refractivity contribution >= 4 is 33.8 Å². The zero-order valence-corrected chi connectivity index (χ0v) is 20.0. The van der Waals surface area contributed by atoms with Gasteiger partial charge in [-0.3, -0.25) is 9.36 Å². The molecule has 3 aromatic rings. The van der Waals surface area contributed by atoms with E-state index < -0.39 is 0 Å². The van der Waals surface area contributed by atoms with Crippen LogP contribution >= 0.6 is 22.9 Å².